The van der Waals surface area contributed by atoms with E-state index in [0.717, 1.165) is 36.2 Å². The molecule has 0 atom stereocenters. The molecule has 3 rings (SSSR count). The largest absolute Gasteiger partial charge is 0.478 e. The van der Waals surface area contributed by atoms with Crippen molar-refractivity contribution in [2.45, 2.75) is 53.5 Å². The lowest BCUT2D eigenvalue weighted by atomic mass is 9.97. The molecule has 0 aliphatic carbocycles. The van der Waals surface area contributed by atoms with Gasteiger partial charge in [-0.1, -0.05) is 69.7 Å². The average Bonchev–Trinajstić information content (AvgIpc) is 2.85. The van der Waals surface area contributed by atoms with Crippen LogP contribution in [0, 0.1) is 12.8 Å². The standard InChI is InChI=1S/C30H37N3O3/c1-6-24(7-2)33(19-20(3)4)28-17-14-22(25-10-8-9-11-26(25)29(34)35)18-27(28)32-30(36)31-23-15-12-21(5)13-16-23/h8-18,20,24H,6-7,19H2,1-5H3,(H,34,35)(H2,31,32,36). The molecule has 3 aromatic rings. The zero-order valence-corrected chi connectivity index (χ0v) is 21.8. The lowest BCUT2D eigenvalue weighted by molar-refractivity contribution is 0.0697. The molecular weight excluding hydrogens is 450 g/mol. The number of nitrogens with zero attached hydrogens (tertiary/aromatic N) is 1. The SMILES string of the molecule is CCC(CC)N(CC(C)C)c1ccc(-c2ccccc2C(=O)O)cc1NC(=O)Nc1ccc(C)cc1. The van der Waals surface area contributed by atoms with Gasteiger partial charge in [-0.15, -0.1) is 0 Å². The Morgan fingerprint density at radius 3 is 2.19 bits per heavy atom. The van der Waals surface area contributed by atoms with Gasteiger partial charge in [-0.3, -0.25) is 0 Å². The van der Waals surface area contributed by atoms with Crippen LogP contribution in [0.25, 0.3) is 11.1 Å². The lowest BCUT2D eigenvalue weighted by Gasteiger charge is -2.35. The molecule has 0 aromatic heterocycles. The number of carboxylic acids is 1. The summed E-state index contributed by atoms with van der Waals surface area (Å²) >= 11 is 0. The molecule has 6 heteroatoms. The van der Waals surface area contributed by atoms with Crippen molar-refractivity contribution < 1.29 is 14.7 Å². The normalized spacial score (nSPS) is 11.0. The fourth-order valence-corrected chi connectivity index (χ4v) is 4.46. The van der Waals surface area contributed by atoms with Crippen LogP contribution in [0.1, 0.15) is 56.5 Å². The summed E-state index contributed by atoms with van der Waals surface area (Å²) in [7, 11) is 0. The zero-order chi connectivity index (χ0) is 26.2. The third kappa shape index (κ3) is 6.66. The third-order valence-electron chi connectivity index (χ3n) is 6.28. The summed E-state index contributed by atoms with van der Waals surface area (Å²) in [6.45, 7) is 11.6. The minimum absolute atomic E-state index is 0.222. The maximum absolute atomic E-state index is 13.1. The van der Waals surface area contributed by atoms with Crippen LogP contribution in [-0.2, 0) is 0 Å². The maximum atomic E-state index is 13.1. The quantitative estimate of drug-likeness (QED) is 0.274. The number of amides is 2. The van der Waals surface area contributed by atoms with Gasteiger partial charge >= 0.3 is 12.0 Å². The number of aromatic carboxylic acids is 1. The molecule has 0 aliphatic rings. The molecule has 0 fully saturated rings. The predicted molar refractivity (Wildman–Crippen MR) is 149 cm³/mol. The number of anilines is 3. The van der Waals surface area contributed by atoms with E-state index in [2.05, 4.69) is 43.2 Å². The molecule has 2 amide bonds. The summed E-state index contributed by atoms with van der Waals surface area (Å²) in [6, 6.07) is 20.3. The van der Waals surface area contributed by atoms with Gasteiger partial charge in [0.2, 0.25) is 0 Å². The van der Waals surface area contributed by atoms with Gasteiger partial charge in [0.15, 0.2) is 0 Å². The van der Waals surface area contributed by atoms with Gasteiger partial charge in [0.1, 0.15) is 0 Å². The van der Waals surface area contributed by atoms with Gasteiger partial charge in [-0.2, -0.15) is 0 Å². The zero-order valence-electron chi connectivity index (χ0n) is 21.8. The summed E-state index contributed by atoms with van der Waals surface area (Å²) in [5.41, 5.74) is 4.94. The molecule has 0 saturated carbocycles. The summed E-state index contributed by atoms with van der Waals surface area (Å²) in [5.74, 6) is -0.563. The Hall–Kier alpha value is -3.80. The molecule has 0 saturated heterocycles. The van der Waals surface area contributed by atoms with Crippen LogP contribution in [0.15, 0.2) is 66.7 Å². The van der Waals surface area contributed by atoms with Gasteiger partial charge < -0.3 is 20.6 Å². The number of nitrogens with one attached hydrogen (secondary N) is 2. The smallest absolute Gasteiger partial charge is 0.336 e. The Labute approximate surface area is 214 Å². The van der Waals surface area contributed by atoms with E-state index in [4.69, 9.17) is 0 Å². The van der Waals surface area contributed by atoms with Crippen molar-refractivity contribution in [1.82, 2.24) is 0 Å². The fraction of sp³-hybridized carbons (Fsp3) is 0.333. The van der Waals surface area contributed by atoms with Crippen molar-refractivity contribution in [2.75, 3.05) is 22.1 Å². The molecule has 0 spiro atoms. The van der Waals surface area contributed by atoms with Crippen LogP contribution in [0.4, 0.5) is 21.9 Å². The molecule has 6 nitrogen and oxygen atoms in total. The van der Waals surface area contributed by atoms with Gasteiger partial charge in [0, 0.05) is 18.3 Å². The monoisotopic (exact) mass is 487 g/mol. The van der Waals surface area contributed by atoms with Gasteiger partial charge in [0.05, 0.1) is 16.9 Å². The van der Waals surface area contributed by atoms with Crippen molar-refractivity contribution in [2.24, 2.45) is 5.92 Å². The van der Waals surface area contributed by atoms with Crippen LogP contribution in [-0.4, -0.2) is 29.7 Å². The number of carbonyl (C=O) groups is 2. The molecule has 0 radical (unpaired) electrons. The van der Waals surface area contributed by atoms with E-state index in [-0.39, 0.29) is 11.6 Å². The highest BCUT2D eigenvalue weighted by atomic mass is 16.4. The van der Waals surface area contributed by atoms with Crippen molar-refractivity contribution >= 4 is 29.1 Å². The van der Waals surface area contributed by atoms with Crippen molar-refractivity contribution in [3.8, 4) is 11.1 Å². The van der Waals surface area contributed by atoms with E-state index < -0.39 is 5.97 Å². The van der Waals surface area contributed by atoms with Gasteiger partial charge in [0.25, 0.3) is 0 Å². The molecule has 0 aliphatic heterocycles. The summed E-state index contributed by atoms with van der Waals surface area (Å²) in [4.78, 5) is 27.3. The van der Waals surface area contributed by atoms with E-state index in [9.17, 15) is 14.7 Å². The lowest BCUT2D eigenvalue weighted by Crippen LogP contribution is -2.38. The maximum Gasteiger partial charge on any atom is 0.336 e. The highest BCUT2D eigenvalue weighted by Crippen LogP contribution is 2.35. The average molecular weight is 488 g/mol. The Kier molecular flexibility index (Phi) is 9.12. The summed E-state index contributed by atoms with van der Waals surface area (Å²) in [6.07, 6.45) is 1.95. The fourth-order valence-electron chi connectivity index (χ4n) is 4.46. The first-order chi connectivity index (χ1) is 17.2. The number of aryl methyl sites for hydroxylation is 1. The van der Waals surface area contributed by atoms with Crippen molar-refractivity contribution in [1.29, 1.82) is 0 Å². The van der Waals surface area contributed by atoms with Crippen LogP contribution >= 0.6 is 0 Å². The highest BCUT2D eigenvalue weighted by molar-refractivity contribution is 6.03. The first-order valence-corrected chi connectivity index (χ1v) is 12.6. The number of urea groups is 1. The Bertz CT molecular complexity index is 1180. The number of hydrogen-bond donors (Lipinski definition) is 3. The minimum Gasteiger partial charge on any atom is -0.478 e. The first kappa shape index (κ1) is 26.8. The summed E-state index contributed by atoms with van der Waals surface area (Å²) in [5, 5.41) is 15.7. The molecule has 36 heavy (non-hydrogen) atoms. The Balaban J connectivity index is 2.07. The molecule has 3 aromatic carbocycles. The molecule has 0 bridgehead atoms. The predicted octanol–water partition coefficient (Wildman–Crippen LogP) is 7.66. The van der Waals surface area contributed by atoms with E-state index in [1.165, 1.54) is 0 Å². The number of hydrogen-bond acceptors (Lipinski definition) is 3. The molecule has 0 heterocycles. The molecule has 0 unspecified atom stereocenters. The van der Waals surface area contributed by atoms with Crippen LogP contribution < -0.4 is 15.5 Å². The number of carboxylic acid groups (broad SMARTS) is 1. The number of benzene rings is 3. The second-order valence-electron chi connectivity index (χ2n) is 9.54. The Morgan fingerprint density at radius 2 is 1.58 bits per heavy atom. The summed E-state index contributed by atoms with van der Waals surface area (Å²) < 4.78 is 0. The number of rotatable bonds is 10. The first-order valence-electron chi connectivity index (χ1n) is 12.6. The van der Waals surface area contributed by atoms with Crippen LogP contribution in [0.5, 0.6) is 0 Å². The van der Waals surface area contributed by atoms with Crippen molar-refractivity contribution in [3.63, 3.8) is 0 Å². The van der Waals surface area contributed by atoms with Gasteiger partial charge in [-0.05, 0) is 67.1 Å². The molecule has 3 N–H and O–H groups in total. The van der Waals surface area contributed by atoms with Crippen LogP contribution in [0.3, 0.4) is 0 Å². The second-order valence-corrected chi connectivity index (χ2v) is 9.54. The van der Waals surface area contributed by atoms with E-state index in [1.54, 1.807) is 18.2 Å². The van der Waals surface area contributed by atoms with E-state index in [0.29, 0.717) is 28.9 Å². The second kappa shape index (κ2) is 12.2. The van der Waals surface area contributed by atoms with Crippen molar-refractivity contribution in [3.05, 3.63) is 77.9 Å². The van der Waals surface area contributed by atoms with Gasteiger partial charge in [-0.25, -0.2) is 9.59 Å². The van der Waals surface area contributed by atoms with E-state index >= 15 is 0 Å². The van der Waals surface area contributed by atoms with Crippen LogP contribution in [0.2, 0.25) is 0 Å². The minimum atomic E-state index is -0.986. The van der Waals surface area contributed by atoms with E-state index in [1.807, 2.05) is 55.5 Å². The third-order valence-corrected chi connectivity index (χ3v) is 6.28. The highest BCUT2D eigenvalue weighted by Gasteiger charge is 2.22. The topological polar surface area (TPSA) is 81.7 Å². The number of carbonyl (C=O) groups excluding carboxylic acids is 1. The molecule has 190 valence electrons. The Morgan fingerprint density at radius 1 is 0.917 bits per heavy atom. The molecular formula is C30H37N3O3.